The average molecular weight is 387 g/mol. The van der Waals surface area contributed by atoms with Gasteiger partial charge in [0.25, 0.3) is 11.6 Å². The second-order valence-corrected chi connectivity index (χ2v) is 6.59. The van der Waals surface area contributed by atoms with E-state index in [9.17, 15) is 25.4 Å². The van der Waals surface area contributed by atoms with Crippen LogP contribution in [0.1, 0.15) is 13.8 Å². The van der Waals surface area contributed by atoms with E-state index in [0.29, 0.717) is 4.90 Å². The Balaban J connectivity index is 2.23. The van der Waals surface area contributed by atoms with E-state index in [1.54, 1.807) is 13.8 Å². The maximum atomic E-state index is 15.1. The van der Waals surface area contributed by atoms with E-state index >= 15 is 4.39 Å². The number of amidine groups is 1. The van der Waals surface area contributed by atoms with Crippen LogP contribution in [0.15, 0.2) is 17.3 Å². The highest BCUT2D eigenvalue weighted by molar-refractivity contribution is 5.91. The molecule has 11 nitrogen and oxygen atoms in total. The number of ether oxygens (including phenoxy) is 2. The first-order valence-corrected chi connectivity index (χ1v) is 8.05. The van der Waals surface area contributed by atoms with Gasteiger partial charge in [0, 0.05) is 6.20 Å². The first-order chi connectivity index (χ1) is 12.5. The minimum Gasteiger partial charge on any atom is -0.458 e. The molecule has 0 amide bonds. The van der Waals surface area contributed by atoms with E-state index in [2.05, 4.69) is 4.99 Å². The fourth-order valence-corrected chi connectivity index (χ4v) is 2.59. The maximum Gasteiger partial charge on any atom is 0.323 e. The standard InChI is InChI=1S/C15H22FN5O6/c1-7(2)9(19)12(24)26-6-14(16)10(22)11(23)15(5-17,27-14)21-4-3-8(18)20-13(21)25/h3-4,7,9-11,13,22-23,25H,6,19H2,1-2H3,(H2,18,20)/t9-,10-,11+,13?,14+,15+/m0/s1. The van der Waals surface area contributed by atoms with Gasteiger partial charge < -0.3 is 31.5 Å². The zero-order valence-electron chi connectivity index (χ0n) is 14.7. The maximum absolute atomic E-state index is 15.1. The number of nitrogens with two attached hydrogens (primary N) is 2. The Hall–Kier alpha value is -2.30. The summed E-state index contributed by atoms with van der Waals surface area (Å²) >= 11 is 0. The van der Waals surface area contributed by atoms with E-state index in [1.165, 1.54) is 12.1 Å². The fourth-order valence-electron chi connectivity index (χ4n) is 2.59. The van der Waals surface area contributed by atoms with Gasteiger partial charge in [0.15, 0.2) is 6.61 Å². The van der Waals surface area contributed by atoms with Crippen LogP contribution in [-0.4, -0.2) is 74.8 Å². The minimum absolute atomic E-state index is 0.0806. The zero-order valence-corrected chi connectivity index (χ0v) is 14.7. The molecule has 1 saturated heterocycles. The van der Waals surface area contributed by atoms with Crippen molar-refractivity contribution in [3.8, 4) is 6.07 Å². The van der Waals surface area contributed by atoms with Gasteiger partial charge in [0.1, 0.15) is 30.2 Å². The highest BCUT2D eigenvalue weighted by Crippen LogP contribution is 2.43. The van der Waals surface area contributed by atoms with E-state index in [-0.39, 0.29) is 11.8 Å². The molecule has 7 N–H and O–H groups in total. The predicted octanol–water partition coefficient (Wildman–Crippen LogP) is -2.39. The normalized spacial score (nSPS) is 37.1. The number of hydrogen-bond donors (Lipinski definition) is 5. The Kier molecular flexibility index (Phi) is 5.74. The molecule has 0 aromatic carbocycles. The molecule has 0 bridgehead atoms. The quantitative estimate of drug-likeness (QED) is 0.318. The van der Waals surface area contributed by atoms with Crippen LogP contribution >= 0.6 is 0 Å². The molecule has 27 heavy (non-hydrogen) atoms. The molecule has 2 rings (SSSR count). The van der Waals surface area contributed by atoms with E-state index < -0.39 is 48.8 Å². The summed E-state index contributed by atoms with van der Waals surface area (Å²) in [5, 5.41) is 39.9. The summed E-state index contributed by atoms with van der Waals surface area (Å²) < 4.78 is 24.9. The molecule has 0 aromatic heterocycles. The second-order valence-electron chi connectivity index (χ2n) is 6.59. The number of rotatable bonds is 5. The lowest BCUT2D eigenvalue weighted by Gasteiger charge is -2.39. The van der Waals surface area contributed by atoms with Crippen molar-refractivity contribution in [1.82, 2.24) is 4.90 Å². The Morgan fingerprint density at radius 1 is 1.52 bits per heavy atom. The van der Waals surface area contributed by atoms with Crippen molar-refractivity contribution in [1.29, 1.82) is 5.26 Å². The van der Waals surface area contributed by atoms with Crippen LogP contribution < -0.4 is 11.5 Å². The van der Waals surface area contributed by atoms with Crippen LogP contribution in [0.5, 0.6) is 0 Å². The number of aliphatic hydroxyl groups is 3. The minimum atomic E-state index is -3.14. The number of nitrogens with zero attached hydrogens (tertiary/aromatic N) is 3. The van der Waals surface area contributed by atoms with Crippen molar-refractivity contribution >= 4 is 11.8 Å². The van der Waals surface area contributed by atoms with Crippen LogP contribution in [0.2, 0.25) is 0 Å². The zero-order chi connectivity index (χ0) is 20.6. The SMILES string of the molecule is CC(C)[C@H](N)C(=O)OC[C@@]1(F)O[C@@](C#N)(N2C=CC(N)=NC2O)[C@H](O)[C@@H]1O. The number of aliphatic imine (C=N–C) groups is 1. The molecule has 2 aliphatic rings. The summed E-state index contributed by atoms with van der Waals surface area (Å²) in [6.07, 6.45) is -3.97. The Morgan fingerprint density at radius 3 is 2.67 bits per heavy atom. The van der Waals surface area contributed by atoms with Crippen LogP contribution in [0, 0.1) is 17.2 Å². The first-order valence-electron chi connectivity index (χ1n) is 8.05. The van der Waals surface area contributed by atoms with Crippen molar-refractivity contribution in [3.05, 3.63) is 12.3 Å². The number of carbonyl (C=O) groups excluding carboxylic acids is 1. The van der Waals surface area contributed by atoms with Crippen LogP contribution in [0.25, 0.3) is 0 Å². The number of nitriles is 1. The molecule has 6 atom stereocenters. The van der Waals surface area contributed by atoms with Gasteiger partial charge in [0.05, 0.1) is 0 Å². The lowest BCUT2D eigenvalue weighted by atomic mass is 10.0. The molecule has 1 unspecified atom stereocenters. The van der Waals surface area contributed by atoms with Crippen LogP contribution in [0.3, 0.4) is 0 Å². The van der Waals surface area contributed by atoms with Gasteiger partial charge in [-0.15, -0.1) is 0 Å². The molecule has 12 heteroatoms. The molecule has 0 radical (unpaired) electrons. The Labute approximate surface area is 154 Å². The lowest BCUT2D eigenvalue weighted by Crippen LogP contribution is -2.58. The van der Waals surface area contributed by atoms with Crippen molar-refractivity contribution in [2.75, 3.05) is 6.61 Å². The second kappa shape index (κ2) is 7.37. The van der Waals surface area contributed by atoms with Gasteiger partial charge in [-0.1, -0.05) is 13.8 Å². The summed E-state index contributed by atoms with van der Waals surface area (Å²) in [6.45, 7) is 2.17. The van der Waals surface area contributed by atoms with Gasteiger partial charge >= 0.3 is 5.97 Å². The Morgan fingerprint density at radius 2 is 2.15 bits per heavy atom. The summed E-state index contributed by atoms with van der Waals surface area (Å²) in [4.78, 5) is 16.1. The van der Waals surface area contributed by atoms with Crippen LogP contribution in [-0.2, 0) is 14.3 Å². The highest BCUT2D eigenvalue weighted by Gasteiger charge is 2.67. The molecule has 0 spiro atoms. The smallest absolute Gasteiger partial charge is 0.323 e. The van der Waals surface area contributed by atoms with Gasteiger partial charge in [0.2, 0.25) is 6.35 Å². The third-order valence-electron chi connectivity index (χ3n) is 4.33. The average Bonchev–Trinajstić information content (AvgIpc) is 2.81. The van der Waals surface area contributed by atoms with Gasteiger partial charge in [-0.2, -0.15) is 5.26 Å². The topological polar surface area (TPSA) is 188 Å². The van der Waals surface area contributed by atoms with Crippen molar-refractivity contribution < 1.29 is 34.0 Å². The molecule has 0 aromatic rings. The van der Waals surface area contributed by atoms with E-state index in [1.807, 2.05) is 0 Å². The lowest BCUT2D eigenvalue weighted by molar-refractivity contribution is -0.253. The monoisotopic (exact) mass is 387 g/mol. The predicted molar refractivity (Wildman–Crippen MR) is 87.7 cm³/mol. The van der Waals surface area contributed by atoms with Crippen molar-refractivity contribution in [2.45, 2.75) is 50.0 Å². The molecular weight excluding hydrogens is 365 g/mol. The third kappa shape index (κ3) is 3.60. The number of hydrogen-bond acceptors (Lipinski definition) is 11. The number of aliphatic hydroxyl groups excluding tert-OH is 3. The molecule has 0 aliphatic carbocycles. The number of carbonyl (C=O) groups is 1. The van der Waals surface area contributed by atoms with Crippen molar-refractivity contribution in [2.24, 2.45) is 22.4 Å². The van der Waals surface area contributed by atoms with Crippen molar-refractivity contribution in [3.63, 3.8) is 0 Å². The van der Waals surface area contributed by atoms with Gasteiger partial charge in [-0.3, -0.25) is 14.4 Å². The molecule has 1 fully saturated rings. The molecular formula is C15H22FN5O6. The summed E-state index contributed by atoms with van der Waals surface area (Å²) in [7, 11) is 0. The van der Waals surface area contributed by atoms with Gasteiger partial charge in [-0.25, -0.2) is 9.38 Å². The highest BCUT2D eigenvalue weighted by atomic mass is 19.2. The number of halogens is 1. The number of alkyl halides is 1. The molecule has 0 saturated carbocycles. The number of esters is 1. The third-order valence-corrected chi connectivity index (χ3v) is 4.33. The van der Waals surface area contributed by atoms with E-state index in [4.69, 9.17) is 20.9 Å². The van der Waals surface area contributed by atoms with Gasteiger partial charge in [-0.05, 0) is 12.0 Å². The Bertz CT molecular complexity index is 697. The molecule has 2 heterocycles. The summed E-state index contributed by atoms with van der Waals surface area (Å²) in [5.74, 6) is -4.45. The fraction of sp³-hybridized carbons (Fsp3) is 0.667. The largest absolute Gasteiger partial charge is 0.458 e. The van der Waals surface area contributed by atoms with E-state index in [0.717, 1.165) is 6.20 Å². The van der Waals surface area contributed by atoms with Crippen LogP contribution in [0.4, 0.5) is 4.39 Å². The summed E-state index contributed by atoms with van der Waals surface area (Å²) in [6, 6.07) is 0.484. The summed E-state index contributed by atoms with van der Waals surface area (Å²) in [5.41, 5.74) is 8.46. The molecule has 2 aliphatic heterocycles. The first kappa shape index (κ1) is 21.0. The molecule has 150 valence electrons.